The van der Waals surface area contributed by atoms with E-state index in [0.717, 1.165) is 6.26 Å². The molecule has 0 unspecified atom stereocenters. The normalized spacial score (nSPS) is 11.1. The Bertz CT molecular complexity index is 1150. The molecule has 0 saturated heterocycles. The molecule has 0 atom stereocenters. The summed E-state index contributed by atoms with van der Waals surface area (Å²) in [4.78, 5) is 12.0. The lowest BCUT2D eigenvalue weighted by Gasteiger charge is -2.22. The van der Waals surface area contributed by atoms with Crippen LogP contribution in [0.25, 0.3) is 0 Å². The SMILES string of the molecule is CS(=O)(=O)N(Cc1ccc(F)cc1)c1ccc(OCC(=O)Nc2cccc(Cl)c2)cc1. The number of nitrogens with zero attached hydrogens (tertiary/aromatic N) is 1. The van der Waals surface area contributed by atoms with Crippen LogP contribution in [0.2, 0.25) is 5.02 Å². The highest BCUT2D eigenvalue weighted by atomic mass is 35.5. The van der Waals surface area contributed by atoms with Gasteiger partial charge in [-0.15, -0.1) is 0 Å². The van der Waals surface area contributed by atoms with E-state index in [2.05, 4.69) is 5.32 Å². The smallest absolute Gasteiger partial charge is 0.262 e. The summed E-state index contributed by atoms with van der Waals surface area (Å²) < 4.78 is 44.3. The second-order valence-corrected chi connectivity index (χ2v) is 9.08. The number of rotatable bonds is 8. The van der Waals surface area contributed by atoms with E-state index in [4.69, 9.17) is 16.3 Å². The fraction of sp³-hybridized carbons (Fsp3) is 0.136. The quantitative estimate of drug-likeness (QED) is 0.536. The molecule has 0 aliphatic rings. The molecule has 0 fully saturated rings. The van der Waals surface area contributed by atoms with E-state index in [1.807, 2.05) is 0 Å². The lowest BCUT2D eigenvalue weighted by Crippen LogP contribution is -2.29. The first-order valence-corrected chi connectivity index (χ1v) is 11.4. The van der Waals surface area contributed by atoms with E-state index in [1.54, 1.807) is 48.5 Å². The molecule has 0 radical (unpaired) electrons. The molecule has 0 aliphatic heterocycles. The average Bonchev–Trinajstić information content (AvgIpc) is 2.71. The molecule has 3 aromatic rings. The van der Waals surface area contributed by atoms with Crippen LogP contribution in [0.3, 0.4) is 0 Å². The average molecular weight is 463 g/mol. The number of hydrogen-bond donors (Lipinski definition) is 1. The third-order valence-electron chi connectivity index (χ3n) is 4.24. The Labute approximate surface area is 185 Å². The van der Waals surface area contributed by atoms with Crippen LogP contribution in [0.4, 0.5) is 15.8 Å². The molecule has 3 aromatic carbocycles. The van der Waals surface area contributed by atoms with E-state index in [0.29, 0.717) is 27.7 Å². The zero-order valence-electron chi connectivity index (χ0n) is 16.6. The number of sulfonamides is 1. The van der Waals surface area contributed by atoms with Crippen molar-refractivity contribution in [1.29, 1.82) is 0 Å². The zero-order valence-corrected chi connectivity index (χ0v) is 18.2. The first-order valence-electron chi connectivity index (χ1n) is 9.21. The van der Waals surface area contributed by atoms with Gasteiger partial charge in [0.15, 0.2) is 6.61 Å². The van der Waals surface area contributed by atoms with Gasteiger partial charge in [0.2, 0.25) is 10.0 Å². The molecule has 162 valence electrons. The highest BCUT2D eigenvalue weighted by Gasteiger charge is 2.18. The Morgan fingerprint density at radius 2 is 1.74 bits per heavy atom. The Morgan fingerprint density at radius 1 is 1.06 bits per heavy atom. The van der Waals surface area contributed by atoms with Crippen LogP contribution >= 0.6 is 11.6 Å². The molecule has 0 aliphatic carbocycles. The fourth-order valence-electron chi connectivity index (χ4n) is 2.78. The minimum absolute atomic E-state index is 0.0569. The third-order valence-corrected chi connectivity index (χ3v) is 5.62. The summed E-state index contributed by atoms with van der Waals surface area (Å²) in [5, 5.41) is 3.18. The molecule has 9 heteroatoms. The number of benzene rings is 3. The van der Waals surface area contributed by atoms with Gasteiger partial charge in [0.25, 0.3) is 5.91 Å². The maximum atomic E-state index is 13.1. The summed E-state index contributed by atoms with van der Waals surface area (Å²) in [6, 6.07) is 18.7. The van der Waals surface area contributed by atoms with Crippen molar-refractivity contribution in [3.8, 4) is 5.75 Å². The van der Waals surface area contributed by atoms with Crippen molar-refractivity contribution < 1.29 is 22.3 Å². The molecular weight excluding hydrogens is 443 g/mol. The fourth-order valence-corrected chi connectivity index (χ4v) is 3.86. The second kappa shape index (κ2) is 9.80. The van der Waals surface area contributed by atoms with Crippen molar-refractivity contribution in [1.82, 2.24) is 0 Å². The minimum atomic E-state index is -3.58. The summed E-state index contributed by atoms with van der Waals surface area (Å²) in [5.74, 6) is -0.351. The van der Waals surface area contributed by atoms with Gasteiger partial charge in [0.1, 0.15) is 11.6 Å². The van der Waals surface area contributed by atoms with Crippen LogP contribution in [0, 0.1) is 5.82 Å². The summed E-state index contributed by atoms with van der Waals surface area (Å²) in [5.41, 5.74) is 1.62. The summed E-state index contributed by atoms with van der Waals surface area (Å²) >= 11 is 5.89. The highest BCUT2D eigenvalue weighted by molar-refractivity contribution is 7.92. The van der Waals surface area contributed by atoms with Crippen LogP contribution in [0.15, 0.2) is 72.8 Å². The highest BCUT2D eigenvalue weighted by Crippen LogP contribution is 2.24. The molecule has 1 N–H and O–H groups in total. The predicted molar refractivity (Wildman–Crippen MR) is 119 cm³/mol. The van der Waals surface area contributed by atoms with Gasteiger partial charge in [-0.1, -0.05) is 29.8 Å². The molecule has 0 aromatic heterocycles. The number of nitrogens with one attached hydrogen (secondary N) is 1. The first-order chi connectivity index (χ1) is 14.7. The maximum Gasteiger partial charge on any atom is 0.262 e. The Hall–Kier alpha value is -3.10. The summed E-state index contributed by atoms with van der Waals surface area (Å²) in [6.45, 7) is -0.168. The number of carbonyl (C=O) groups is 1. The van der Waals surface area contributed by atoms with Crippen molar-refractivity contribution in [2.24, 2.45) is 0 Å². The van der Waals surface area contributed by atoms with E-state index in [1.165, 1.54) is 28.6 Å². The molecule has 1 amide bonds. The topological polar surface area (TPSA) is 75.7 Å². The Morgan fingerprint density at radius 3 is 2.35 bits per heavy atom. The third kappa shape index (κ3) is 6.70. The lowest BCUT2D eigenvalue weighted by molar-refractivity contribution is -0.118. The number of ether oxygens (including phenoxy) is 1. The summed E-state index contributed by atoms with van der Waals surface area (Å²) in [6.07, 6.45) is 1.10. The lowest BCUT2D eigenvalue weighted by atomic mass is 10.2. The van der Waals surface area contributed by atoms with E-state index >= 15 is 0 Å². The maximum absolute atomic E-state index is 13.1. The van der Waals surface area contributed by atoms with Gasteiger partial charge in [-0.25, -0.2) is 12.8 Å². The van der Waals surface area contributed by atoms with E-state index < -0.39 is 15.8 Å². The number of anilines is 2. The standard InChI is InChI=1S/C22H20ClFN2O4S/c1-31(28,29)26(14-16-5-7-18(24)8-6-16)20-9-11-21(12-10-20)30-15-22(27)25-19-4-2-3-17(23)13-19/h2-13H,14-15H2,1H3,(H,25,27). The predicted octanol–water partition coefficient (Wildman–Crippen LogP) is 4.46. The van der Waals surface area contributed by atoms with Gasteiger partial charge in [-0.3, -0.25) is 9.10 Å². The van der Waals surface area contributed by atoms with Crippen molar-refractivity contribution in [2.45, 2.75) is 6.54 Å². The van der Waals surface area contributed by atoms with Crippen LogP contribution in [-0.4, -0.2) is 27.2 Å². The Balaban J connectivity index is 1.64. The molecule has 6 nitrogen and oxygen atoms in total. The molecule has 31 heavy (non-hydrogen) atoms. The van der Waals surface area contributed by atoms with Crippen LogP contribution in [0.1, 0.15) is 5.56 Å². The monoisotopic (exact) mass is 462 g/mol. The molecule has 0 spiro atoms. The summed E-state index contributed by atoms with van der Waals surface area (Å²) in [7, 11) is -3.58. The molecule has 0 saturated carbocycles. The van der Waals surface area contributed by atoms with Crippen molar-refractivity contribution >= 4 is 38.9 Å². The van der Waals surface area contributed by atoms with Crippen molar-refractivity contribution in [2.75, 3.05) is 22.5 Å². The van der Waals surface area contributed by atoms with Crippen LogP contribution in [0.5, 0.6) is 5.75 Å². The second-order valence-electron chi connectivity index (χ2n) is 6.74. The number of halogens is 2. The van der Waals surface area contributed by atoms with Crippen molar-refractivity contribution in [3.63, 3.8) is 0 Å². The minimum Gasteiger partial charge on any atom is -0.484 e. The largest absolute Gasteiger partial charge is 0.484 e. The van der Waals surface area contributed by atoms with Gasteiger partial charge >= 0.3 is 0 Å². The molecule has 3 rings (SSSR count). The number of hydrogen-bond acceptors (Lipinski definition) is 4. The van der Waals surface area contributed by atoms with Crippen LogP contribution in [-0.2, 0) is 21.4 Å². The van der Waals surface area contributed by atoms with Crippen molar-refractivity contribution in [3.05, 3.63) is 89.2 Å². The number of carbonyl (C=O) groups excluding carboxylic acids is 1. The van der Waals surface area contributed by atoms with Gasteiger partial charge < -0.3 is 10.1 Å². The Kier molecular flexibility index (Phi) is 7.14. The molecular formula is C22H20ClFN2O4S. The molecule has 0 heterocycles. The van der Waals surface area contributed by atoms with Gasteiger partial charge in [-0.05, 0) is 60.2 Å². The van der Waals surface area contributed by atoms with E-state index in [-0.39, 0.29) is 19.1 Å². The van der Waals surface area contributed by atoms with Gasteiger partial charge in [-0.2, -0.15) is 0 Å². The molecule has 0 bridgehead atoms. The van der Waals surface area contributed by atoms with Crippen LogP contribution < -0.4 is 14.4 Å². The van der Waals surface area contributed by atoms with E-state index in [9.17, 15) is 17.6 Å². The zero-order chi connectivity index (χ0) is 22.4. The van der Waals surface area contributed by atoms with Gasteiger partial charge in [0.05, 0.1) is 18.5 Å². The first kappa shape index (κ1) is 22.6. The number of amides is 1. The van der Waals surface area contributed by atoms with Gasteiger partial charge in [0, 0.05) is 10.7 Å².